The van der Waals surface area contributed by atoms with Crippen LogP contribution in [0.1, 0.15) is 20.3 Å². The van der Waals surface area contributed by atoms with Crippen LogP contribution in [0.4, 0.5) is 17.5 Å². The molecule has 2 aromatic carbocycles. The Balaban J connectivity index is 1.82. The molecule has 1 aromatic heterocycles. The van der Waals surface area contributed by atoms with Gasteiger partial charge in [0.1, 0.15) is 0 Å². The molecule has 3 aromatic rings. The summed E-state index contributed by atoms with van der Waals surface area (Å²) in [6, 6.07) is 17.5. The van der Waals surface area contributed by atoms with Crippen molar-refractivity contribution in [3.05, 3.63) is 60.7 Å². The third-order valence-corrected chi connectivity index (χ3v) is 5.14. The molecular formula is C20H23N5O3S. The number of benzene rings is 2. The lowest BCUT2D eigenvalue weighted by atomic mass is 10.1. The standard InChI is InChI=1S/C20H23N5O3S/c1-3-14(2)21-20-22-18(15-7-5-4-6-8-15)13-19(23-20)25-24-16-9-11-17(12-10-16)29(26,27)28/h4-14,24H,3H2,1-2H3,(H,26,27,28)(H2,21,22,23,25)/t14-/m0/s1. The summed E-state index contributed by atoms with van der Waals surface area (Å²) in [6.45, 7) is 4.14. The molecule has 0 amide bonds. The van der Waals surface area contributed by atoms with Gasteiger partial charge in [-0.2, -0.15) is 13.4 Å². The molecule has 152 valence electrons. The van der Waals surface area contributed by atoms with Crippen LogP contribution in [0.3, 0.4) is 0 Å². The minimum atomic E-state index is -4.22. The molecule has 0 fully saturated rings. The summed E-state index contributed by atoms with van der Waals surface area (Å²) in [7, 11) is -4.22. The van der Waals surface area contributed by atoms with Gasteiger partial charge in [0.25, 0.3) is 10.1 Å². The second-order valence-corrected chi connectivity index (χ2v) is 7.95. The minimum Gasteiger partial charge on any atom is -0.352 e. The van der Waals surface area contributed by atoms with Crippen molar-refractivity contribution >= 4 is 27.6 Å². The third-order valence-electron chi connectivity index (χ3n) is 4.27. The lowest BCUT2D eigenvalue weighted by Crippen LogP contribution is -2.17. The van der Waals surface area contributed by atoms with Crippen LogP contribution in [0, 0.1) is 0 Å². The maximum Gasteiger partial charge on any atom is 0.294 e. The molecule has 0 aliphatic heterocycles. The molecular weight excluding hydrogens is 390 g/mol. The molecule has 8 nitrogen and oxygen atoms in total. The van der Waals surface area contributed by atoms with Crippen LogP contribution in [0.2, 0.25) is 0 Å². The van der Waals surface area contributed by atoms with E-state index in [1.165, 1.54) is 24.3 Å². The smallest absolute Gasteiger partial charge is 0.294 e. The van der Waals surface area contributed by atoms with Crippen molar-refractivity contribution in [1.82, 2.24) is 9.97 Å². The Kier molecular flexibility index (Phi) is 6.30. The molecule has 29 heavy (non-hydrogen) atoms. The molecule has 4 N–H and O–H groups in total. The average molecular weight is 414 g/mol. The Hall–Kier alpha value is -3.17. The Labute approximate surface area is 170 Å². The Bertz CT molecular complexity index is 1060. The van der Waals surface area contributed by atoms with E-state index in [0.29, 0.717) is 17.5 Å². The van der Waals surface area contributed by atoms with Crippen molar-refractivity contribution in [1.29, 1.82) is 0 Å². The van der Waals surface area contributed by atoms with Crippen molar-refractivity contribution in [2.45, 2.75) is 31.2 Å². The van der Waals surface area contributed by atoms with E-state index in [9.17, 15) is 8.42 Å². The van der Waals surface area contributed by atoms with Crippen molar-refractivity contribution in [3.8, 4) is 11.3 Å². The van der Waals surface area contributed by atoms with Crippen LogP contribution in [0.15, 0.2) is 65.6 Å². The van der Waals surface area contributed by atoms with E-state index in [-0.39, 0.29) is 10.9 Å². The third kappa shape index (κ3) is 5.66. The zero-order valence-corrected chi connectivity index (χ0v) is 16.9. The highest BCUT2D eigenvalue weighted by atomic mass is 32.2. The Morgan fingerprint density at radius 2 is 1.69 bits per heavy atom. The first-order valence-corrected chi connectivity index (χ1v) is 10.6. The molecule has 0 aliphatic carbocycles. The van der Waals surface area contributed by atoms with E-state index in [4.69, 9.17) is 4.55 Å². The van der Waals surface area contributed by atoms with E-state index in [1.54, 1.807) is 0 Å². The molecule has 1 heterocycles. The first kappa shape index (κ1) is 20.6. The lowest BCUT2D eigenvalue weighted by molar-refractivity contribution is 0.483. The van der Waals surface area contributed by atoms with Gasteiger partial charge >= 0.3 is 0 Å². The van der Waals surface area contributed by atoms with Gasteiger partial charge in [-0.3, -0.25) is 15.4 Å². The number of anilines is 3. The van der Waals surface area contributed by atoms with Crippen molar-refractivity contribution in [2.75, 3.05) is 16.2 Å². The average Bonchev–Trinajstić information content (AvgIpc) is 2.72. The van der Waals surface area contributed by atoms with Gasteiger partial charge in [-0.15, -0.1) is 0 Å². The van der Waals surface area contributed by atoms with E-state index in [0.717, 1.165) is 17.7 Å². The van der Waals surface area contributed by atoms with Crippen LogP contribution in [-0.2, 0) is 10.1 Å². The first-order valence-electron chi connectivity index (χ1n) is 9.16. The van der Waals surface area contributed by atoms with Gasteiger partial charge in [-0.1, -0.05) is 37.3 Å². The zero-order chi connectivity index (χ0) is 20.9. The molecule has 0 saturated carbocycles. The molecule has 0 saturated heterocycles. The SMILES string of the molecule is CC[C@H](C)Nc1nc(NNc2ccc(S(=O)(=O)O)cc2)cc(-c2ccccc2)n1. The van der Waals surface area contributed by atoms with E-state index < -0.39 is 10.1 Å². The maximum atomic E-state index is 11.1. The van der Waals surface area contributed by atoms with Gasteiger partial charge in [-0.25, -0.2) is 4.98 Å². The number of hydrazine groups is 1. The lowest BCUT2D eigenvalue weighted by Gasteiger charge is -2.15. The van der Waals surface area contributed by atoms with Crippen LogP contribution >= 0.6 is 0 Å². The largest absolute Gasteiger partial charge is 0.352 e. The monoisotopic (exact) mass is 413 g/mol. The second kappa shape index (κ2) is 8.89. The van der Waals surface area contributed by atoms with Gasteiger partial charge in [0.05, 0.1) is 16.3 Å². The van der Waals surface area contributed by atoms with E-state index >= 15 is 0 Å². The van der Waals surface area contributed by atoms with Crippen molar-refractivity contribution in [2.24, 2.45) is 0 Å². The molecule has 9 heteroatoms. The highest BCUT2D eigenvalue weighted by Gasteiger charge is 2.10. The van der Waals surface area contributed by atoms with Crippen LogP contribution < -0.4 is 16.2 Å². The minimum absolute atomic E-state index is 0.170. The quantitative estimate of drug-likeness (QED) is 0.323. The molecule has 0 spiro atoms. The normalized spacial score (nSPS) is 12.2. The fourth-order valence-electron chi connectivity index (χ4n) is 2.50. The number of hydrogen-bond donors (Lipinski definition) is 4. The van der Waals surface area contributed by atoms with Gasteiger partial charge in [0, 0.05) is 17.7 Å². The van der Waals surface area contributed by atoms with Crippen molar-refractivity contribution in [3.63, 3.8) is 0 Å². The molecule has 1 atom stereocenters. The van der Waals surface area contributed by atoms with Gasteiger partial charge in [0.15, 0.2) is 5.82 Å². The summed E-state index contributed by atoms with van der Waals surface area (Å²) in [5.74, 6) is 1.05. The zero-order valence-electron chi connectivity index (χ0n) is 16.1. The van der Waals surface area contributed by atoms with Crippen LogP contribution in [0.25, 0.3) is 11.3 Å². The van der Waals surface area contributed by atoms with E-state index in [2.05, 4.69) is 40.0 Å². The Morgan fingerprint density at radius 1 is 1.00 bits per heavy atom. The fourth-order valence-corrected chi connectivity index (χ4v) is 2.98. The number of aromatic nitrogens is 2. The van der Waals surface area contributed by atoms with E-state index in [1.807, 2.05) is 36.4 Å². The maximum absolute atomic E-state index is 11.1. The first-order chi connectivity index (χ1) is 13.8. The van der Waals surface area contributed by atoms with Crippen molar-refractivity contribution < 1.29 is 13.0 Å². The summed E-state index contributed by atoms with van der Waals surface area (Å²) in [5.41, 5.74) is 8.30. The van der Waals surface area contributed by atoms with Crippen LogP contribution in [0.5, 0.6) is 0 Å². The summed E-state index contributed by atoms with van der Waals surface area (Å²) in [6.07, 6.45) is 0.931. The number of nitrogens with one attached hydrogen (secondary N) is 3. The van der Waals surface area contributed by atoms with Crippen LogP contribution in [-0.4, -0.2) is 29.0 Å². The highest BCUT2D eigenvalue weighted by Crippen LogP contribution is 2.22. The summed E-state index contributed by atoms with van der Waals surface area (Å²) in [5, 5.41) is 3.28. The number of rotatable bonds is 8. The molecule has 0 bridgehead atoms. The molecule has 0 unspecified atom stereocenters. The van der Waals surface area contributed by atoms with Gasteiger partial charge < -0.3 is 5.32 Å². The topological polar surface area (TPSA) is 116 Å². The van der Waals surface area contributed by atoms with Gasteiger partial charge in [-0.05, 0) is 37.6 Å². The number of nitrogens with zero attached hydrogens (tertiary/aromatic N) is 2. The van der Waals surface area contributed by atoms with Gasteiger partial charge in [0.2, 0.25) is 5.95 Å². The summed E-state index contributed by atoms with van der Waals surface area (Å²) < 4.78 is 31.3. The number of hydrogen-bond acceptors (Lipinski definition) is 7. The summed E-state index contributed by atoms with van der Waals surface area (Å²) in [4.78, 5) is 8.92. The molecule has 3 rings (SSSR count). The summed E-state index contributed by atoms with van der Waals surface area (Å²) >= 11 is 0. The predicted octanol–water partition coefficient (Wildman–Crippen LogP) is 4.04. The second-order valence-electron chi connectivity index (χ2n) is 6.53. The molecule has 0 radical (unpaired) electrons. The fraction of sp³-hybridized carbons (Fsp3) is 0.200. The predicted molar refractivity (Wildman–Crippen MR) is 114 cm³/mol. The Morgan fingerprint density at radius 3 is 2.31 bits per heavy atom. The highest BCUT2D eigenvalue weighted by molar-refractivity contribution is 7.85. The molecule has 0 aliphatic rings.